The van der Waals surface area contributed by atoms with Crippen molar-refractivity contribution in [2.24, 2.45) is 0 Å². The molecule has 0 radical (unpaired) electrons. The molecule has 11 heavy (non-hydrogen) atoms. The lowest BCUT2D eigenvalue weighted by molar-refractivity contribution is -0.137. The lowest BCUT2D eigenvalue weighted by atomic mass is 10.6. The molecule has 0 bridgehead atoms. The van der Waals surface area contributed by atoms with Crippen LogP contribution >= 0.6 is 34.8 Å². The summed E-state index contributed by atoms with van der Waals surface area (Å²) >= 11 is 15.7. The predicted octanol–water partition coefficient (Wildman–Crippen LogP) is 2.59. The fraction of sp³-hybridized carbons (Fsp3) is 0.333. The summed E-state index contributed by atoms with van der Waals surface area (Å²) in [6.07, 6.45) is 0. The first-order valence-electron chi connectivity index (χ1n) is 2.72. The van der Waals surface area contributed by atoms with Crippen molar-refractivity contribution in [3.8, 4) is 0 Å². The van der Waals surface area contributed by atoms with Crippen LogP contribution in [-0.2, 0) is 9.53 Å². The van der Waals surface area contributed by atoms with Crippen molar-refractivity contribution in [2.45, 2.75) is 6.92 Å². The lowest BCUT2D eigenvalue weighted by Crippen LogP contribution is -2.02. The number of rotatable bonds is 2. The normalized spacial score (nSPS) is 8.36. The Morgan fingerprint density at radius 1 is 1.45 bits per heavy atom. The first-order chi connectivity index (χ1) is 5.07. The molecule has 0 spiro atoms. The molecule has 0 atom stereocenters. The zero-order valence-electron chi connectivity index (χ0n) is 5.66. The van der Waals surface area contributed by atoms with E-state index in [1.54, 1.807) is 6.92 Å². The molecule has 2 nitrogen and oxygen atoms in total. The number of esters is 1. The molecule has 0 unspecified atom stereocenters. The maximum absolute atomic E-state index is 10.7. The highest BCUT2D eigenvalue weighted by atomic mass is 35.5. The quantitative estimate of drug-likeness (QED) is 0.402. The van der Waals surface area contributed by atoms with Crippen molar-refractivity contribution >= 4 is 40.8 Å². The number of hydrogen-bond acceptors (Lipinski definition) is 2. The van der Waals surface area contributed by atoms with E-state index in [4.69, 9.17) is 34.8 Å². The minimum Gasteiger partial charge on any atom is -0.461 e. The van der Waals surface area contributed by atoms with Crippen LogP contribution in [-0.4, -0.2) is 12.6 Å². The van der Waals surface area contributed by atoms with E-state index in [1.807, 2.05) is 0 Å². The van der Waals surface area contributed by atoms with Gasteiger partial charge in [-0.25, -0.2) is 4.79 Å². The largest absolute Gasteiger partial charge is 0.461 e. The summed E-state index contributed by atoms with van der Waals surface area (Å²) in [5.74, 6) is -0.687. The molecule has 0 aromatic heterocycles. The monoisotopic (exact) mass is 214 g/mol. The number of carbonyl (C=O) groups is 1. The van der Waals surface area contributed by atoms with Crippen molar-refractivity contribution in [3.05, 3.63) is 15.3 Å². The summed E-state index contributed by atoms with van der Waals surface area (Å²) in [5.41, 5.74) is 2.18. The zero-order chi connectivity index (χ0) is 8.85. The van der Waals surface area contributed by atoms with Crippen molar-refractivity contribution in [3.63, 3.8) is 0 Å². The maximum Gasteiger partial charge on any atom is 0.357 e. The minimum absolute atomic E-state index is 0.206. The minimum atomic E-state index is -0.687. The fourth-order valence-corrected chi connectivity index (χ4v) is 0.763. The van der Waals surface area contributed by atoms with E-state index >= 15 is 0 Å². The van der Waals surface area contributed by atoms with Crippen molar-refractivity contribution in [2.75, 3.05) is 6.61 Å². The molecule has 5 heteroatoms. The second kappa shape index (κ2) is 5.50. The number of hydrogen-bond donors (Lipinski definition) is 0. The van der Waals surface area contributed by atoms with Crippen LogP contribution < -0.4 is 0 Å². The highest BCUT2D eigenvalue weighted by molar-refractivity contribution is 6.56. The maximum atomic E-state index is 10.7. The number of carbonyl (C=O) groups excluding carboxylic acids is 1. The molecule has 62 valence electrons. The van der Waals surface area contributed by atoms with E-state index in [1.165, 1.54) is 0 Å². The van der Waals surface area contributed by atoms with Gasteiger partial charge in [0.15, 0.2) is 9.52 Å². The predicted molar refractivity (Wildman–Crippen MR) is 44.7 cm³/mol. The Morgan fingerprint density at radius 3 is 2.36 bits per heavy atom. The van der Waals surface area contributed by atoms with Gasteiger partial charge in [0, 0.05) is 0 Å². The molecule has 0 rings (SSSR count). The van der Waals surface area contributed by atoms with Gasteiger partial charge < -0.3 is 4.74 Å². The van der Waals surface area contributed by atoms with Gasteiger partial charge >= 0.3 is 5.97 Å². The van der Waals surface area contributed by atoms with Crippen LogP contribution in [0.3, 0.4) is 0 Å². The van der Waals surface area contributed by atoms with Crippen LogP contribution in [0.2, 0.25) is 0 Å². The Morgan fingerprint density at radius 2 is 2.00 bits per heavy atom. The molecular formula is C6H5Cl3O2. The molecule has 0 heterocycles. The van der Waals surface area contributed by atoms with Gasteiger partial charge in [0.05, 0.1) is 6.61 Å². The first kappa shape index (κ1) is 10.9. The molecule has 0 aromatic rings. The standard InChI is InChI=1S/C6H5Cl3O2/c1-2-11-6(10)4(7)3-5(8)9/h2H2,1H3. The molecule has 0 aromatic carbocycles. The zero-order valence-corrected chi connectivity index (χ0v) is 7.93. The Balaban J connectivity index is 4.37. The first-order valence-corrected chi connectivity index (χ1v) is 3.85. The van der Waals surface area contributed by atoms with Crippen LogP contribution in [0.1, 0.15) is 6.92 Å². The molecule has 0 saturated carbocycles. The van der Waals surface area contributed by atoms with Crippen LogP contribution in [0.5, 0.6) is 0 Å². The molecule has 0 amide bonds. The van der Waals surface area contributed by atoms with E-state index in [0.29, 0.717) is 0 Å². The number of ether oxygens (including phenoxy) is 1. The van der Waals surface area contributed by atoms with Crippen LogP contribution in [0.15, 0.2) is 15.3 Å². The summed E-state index contributed by atoms with van der Waals surface area (Å²) in [6.45, 7) is 1.91. The van der Waals surface area contributed by atoms with Gasteiger partial charge in [-0.2, -0.15) is 0 Å². The molecule has 0 aliphatic carbocycles. The van der Waals surface area contributed by atoms with Gasteiger partial charge in [0.1, 0.15) is 0 Å². The van der Waals surface area contributed by atoms with Gasteiger partial charge in [0.25, 0.3) is 0 Å². The fourth-order valence-electron chi connectivity index (χ4n) is 0.328. The van der Waals surface area contributed by atoms with Crippen LogP contribution in [0.25, 0.3) is 0 Å². The van der Waals surface area contributed by atoms with Gasteiger partial charge in [0.2, 0.25) is 0 Å². The van der Waals surface area contributed by atoms with Gasteiger partial charge in [-0.1, -0.05) is 40.5 Å². The van der Waals surface area contributed by atoms with E-state index in [2.05, 4.69) is 10.5 Å². The third-order valence-corrected chi connectivity index (χ3v) is 1.10. The van der Waals surface area contributed by atoms with Gasteiger partial charge in [-0.05, 0) is 6.92 Å². The number of halogens is 3. The van der Waals surface area contributed by atoms with Gasteiger partial charge in [-0.3, -0.25) is 0 Å². The molecule has 0 N–H and O–H groups in total. The van der Waals surface area contributed by atoms with Crippen molar-refractivity contribution in [1.82, 2.24) is 0 Å². The third kappa shape index (κ3) is 5.16. The highest BCUT2D eigenvalue weighted by Crippen LogP contribution is 2.09. The summed E-state index contributed by atoms with van der Waals surface area (Å²) in [4.78, 5) is 10.7. The van der Waals surface area contributed by atoms with E-state index in [-0.39, 0.29) is 16.1 Å². The van der Waals surface area contributed by atoms with Crippen molar-refractivity contribution in [1.29, 1.82) is 0 Å². The summed E-state index contributed by atoms with van der Waals surface area (Å²) in [7, 11) is 0. The second-order valence-corrected chi connectivity index (χ2v) is 2.75. The Hall–Kier alpha value is -0.140. The average molecular weight is 215 g/mol. The average Bonchev–Trinajstić information content (AvgIpc) is 1.86. The SMILES string of the molecule is CCOC(=O)C(Cl)=C=C(Cl)Cl. The topological polar surface area (TPSA) is 26.3 Å². The van der Waals surface area contributed by atoms with Crippen LogP contribution in [0.4, 0.5) is 0 Å². The molecule has 0 aliphatic heterocycles. The molecule has 0 aliphatic rings. The highest BCUT2D eigenvalue weighted by Gasteiger charge is 2.05. The third-order valence-electron chi connectivity index (χ3n) is 0.659. The molecule has 0 fully saturated rings. The van der Waals surface area contributed by atoms with Crippen LogP contribution in [0, 0.1) is 0 Å². The molecule has 0 saturated heterocycles. The molecular weight excluding hydrogens is 210 g/mol. The smallest absolute Gasteiger partial charge is 0.357 e. The van der Waals surface area contributed by atoms with E-state index < -0.39 is 5.97 Å². The van der Waals surface area contributed by atoms with Crippen molar-refractivity contribution < 1.29 is 9.53 Å². The lowest BCUT2D eigenvalue weighted by Gasteiger charge is -1.95. The van der Waals surface area contributed by atoms with Gasteiger partial charge in [-0.15, -0.1) is 0 Å². The second-order valence-electron chi connectivity index (χ2n) is 1.42. The van der Waals surface area contributed by atoms with E-state index in [9.17, 15) is 4.79 Å². The Bertz CT molecular complexity index is 212. The summed E-state index contributed by atoms with van der Waals surface area (Å²) in [5, 5.41) is -0.258. The van der Waals surface area contributed by atoms with E-state index in [0.717, 1.165) is 0 Å². The Kier molecular flexibility index (Phi) is 5.43. The Labute approximate surface area is 79.4 Å². The summed E-state index contributed by atoms with van der Waals surface area (Å²) in [6, 6.07) is 0. The summed E-state index contributed by atoms with van der Waals surface area (Å²) < 4.78 is 4.30.